The molecule has 0 radical (unpaired) electrons. The number of nitrogens with one attached hydrogen (secondary N) is 1. The first kappa shape index (κ1) is 13.9. The third-order valence-corrected chi connectivity index (χ3v) is 2.96. The van der Waals surface area contributed by atoms with E-state index in [4.69, 9.17) is 0 Å². The first-order valence-electron chi connectivity index (χ1n) is 6.24. The summed E-state index contributed by atoms with van der Waals surface area (Å²) >= 11 is 0. The number of hydrogen-bond donors (Lipinski definition) is 1. The van der Waals surface area contributed by atoms with E-state index in [1.54, 1.807) is 0 Å². The molecule has 0 aliphatic heterocycles. The zero-order valence-electron chi connectivity index (χ0n) is 10.5. The molecule has 0 saturated heterocycles. The van der Waals surface area contributed by atoms with E-state index in [1.165, 1.54) is 45.4 Å². The van der Waals surface area contributed by atoms with Crippen LogP contribution in [0.25, 0.3) is 0 Å². The van der Waals surface area contributed by atoms with Gasteiger partial charge in [0, 0.05) is 6.04 Å². The summed E-state index contributed by atoms with van der Waals surface area (Å²) in [6.45, 7) is 13.7. The van der Waals surface area contributed by atoms with E-state index < -0.39 is 0 Å². The van der Waals surface area contributed by atoms with Crippen molar-refractivity contribution in [1.29, 1.82) is 0 Å². The standard InChI is InChI=1S/C12H28N2/c1-5-12(6-2)13-10-9-11-14(7-3)8-4/h12-13H,5-11H2,1-4H3. The fraction of sp³-hybridized carbons (Fsp3) is 1.00. The van der Waals surface area contributed by atoms with Gasteiger partial charge in [-0.15, -0.1) is 0 Å². The lowest BCUT2D eigenvalue weighted by molar-refractivity contribution is 0.295. The zero-order chi connectivity index (χ0) is 10.8. The molecule has 0 unspecified atom stereocenters. The molecule has 0 saturated carbocycles. The van der Waals surface area contributed by atoms with Crippen molar-refractivity contribution in [3.05, 3.63) is 0 Å². The minimum absolute atomic E-state index is 0.728. The Morgan fingerprint density at radius 1 is 1.00 bits per heavy atom. The Morgan fingerprint density at radius 3 is 2.00 bits per heavy atom. The van der Waals surface area contributed by atoms with E-state index in [-0.39, 0.29) is 0 Å². The van der Waals surface area contributed by atoms with Gasteiger partial charge in [-0.05, 0) is 45.4 Å². The highest BCUT2D eigenvalue weighted by Crippen LogP contribution is 1.96. The summed E-state index contributed by atoms with van der Waals surface area (Å²) in [7, 11) is 0. The van der Waals surface area contributed by atoms with Crippen molar-refractivity contribution in [3.8, 4) is 0 Å². The van der Waals surface area contributed by atoms with Crippen LogP contribution in [0.5, 0.6) is 0 Å². The van der Waals surface area contributed by atoms with Crippen LogP contribution in [0.2, 0.25) is 0 Å². The third kappa shape index (κ3) is 6.39. The van der Waals surface area contributed by atoms with Crippen LogP contribution in [-0.2, 0) is 0 Å². The quantitative estimate of drug-likeness (QED) is 0.575. The van der Waals surface area contributed by atoms with E-state index >= 15 is 0 Å². The summed E-state index contributed by atoms with van der Waals surface area (Å²) in [6, 6.07) is 0.728. The molecule has 0 heterocycles. The van der Waals surface area contributed by atoms with Crippen LogP contribution in [0.3, 0.4) is 0 Å². The Bertz CT molecular complexity index is 92.9. The molecule has 0 amide bonds. The van der Waals surface area contributed by atoms with Crippen LogP contribution in [0.1, 0.15) is 47.0 Å². The van der Waals surface area contributed by atoms with Crippen molar-refractivity contribution >= 4 is 0 Å². The van der Waals surface area contributed by atoms with Crippen LogP contribution in [0.4, 0.5) is 0 Å². The molecule has 0 spiro atoms. The molecule has 0 aliphatic rings. The number of rotatable bonds is 9. The molecule has 0 fully saturated rings. The van der Waals surface area contributed by atoms with Gasteiger partial charge in [-0.25, -0.2) is 0 Å². The molecule has 2 heteroatoms. The van der Waals surface area contributed by atoms with Crippen molar-refractivity contribution in [1.82, 2.24) is 10.2 Å². The molecule has 1 N–H and O–H groups in total. The molecule has 0 atom stereocenters. The van der Waals surface area contributed by atoms with Crippen molar-refractivity contribution in [2.45, 2.75) is 53.0 Å². The van der Waals surface area contributed by atoms with Gasteiger partial charge in [0.05, 0.1) is 0 Å². The molecule has 86 valence electrons. The molecule has 0 aromatic rings. The summed E-state index contributed by atoms with van der Waals surface area (Å²) in [5.41, 5.74) is 0. The SMILES string of the molecule is CCC(CC)NCCCN(CC)CC. The van der Waals surface area contributed by atoms with E-state index in [2.05, 4.69) is 37.9 Å². The second-order valence-electron chi connectivity index (χ2n) is 3.85. The fourth-order valence-corrected chi connectivity index (χ4v) is 1.73. The zero-order valence-corrected chi connectivity index (χ0v) is 10.5. The first-order chi connectivity index (χ1) is 6.78. The summed E-state index contributed by atoms with van der Waals surface area (Å²) < 4.78 is 0. The maximum Gasteiger partial charge on any atom is 0.00618 e. The normalized spacial score (nSPS) is 11.6. The molecule has 0 bridgehead atoms. The number of nitrogens with zero attached hydrogens (tertiary/aromatic N) is 1. The van der Waals surface area contributed by atoms with Gasteiger partial charge in [-0.1, -0.05) is 27.7 Å². The number of hydrogen-bond acceptors (Lipinski definition) is 2. The van der Waals surface area contributed by atoms with Crippen LogP contribution in [0, 0.1) is 0 Å². The molecule has 2 nitrogen and oxygen atoms in total. The predicted molar refractivity (Wildman–Crippen MR) is 64.8 cm³/mol. The second kappa shape index (κ2) is 9.47. The smallest absolute Gasteiger partial charge is 0.00618 e. The van der Waals surface area contributed by atoms with Gasteiger partial charge in [-0.3, -0.25) is 0 Å². The Hall–Kier alpha value is -0.0800. The van der Waals surface area contributed by atoms with Gasteiger partial charge < -0.3 is 10.2 Å². The Labute approximate surface area is 90.1 Å². The summed E-state index contributed by atoms with van der Waals surface area (Å²) in [4.78, 5) is 2.48. The topological polar surface area (TPSA) is 15.3 Å². The lowest BCUT2D eigenvalue weighted by atomic mass is 10.2. The lowest BCUT2D eigenvalue weighted by Gasteiger charge is -2.19. The van der Waals surface area contributed by atoms with Crippen LogP contribution < -0.4 is 5.32 Å². The van der Waals surface area contributed by atoms with Crippen LogP contribution in [0.15, 0.2) is 0 Å². The molecular formula is C12H28N2. The van der Waals surface area contributed by atoms with E-state index in [0.717, 1.165) is 6.04 Å². The van der Waals surface area contributed by atoms with Gasteiger partial charge in [0.2, 0.25) is 0 Å². The maximum absolute atomic E-state index is 3.60. The lowest BCUT2D eigenvalue weighted by Crippen LogP contribution is -2.32. The summed E-state index contributed by atoms with van der Waals surface area (Å²) in [5, 5.41) is 3.60. The highest BCUT2D eigenvalue weighted by Gasteiger charge is 2.02. The van der Waals surface area contributed by atoms with E-state index in [1.807, 2.05) is 0 Å². The molecule has 14 heavy (non-hydrogen) atoms. The molecule has 0 aliphatic carbocycles. The summed E-state index contributed by atoms with van der Waals surface area (Å²) in [5.74, 6) is 0. The Morgan fingerprint density at radius 2 is 1.57 bits per heavy atom. The van der Waals surface area contributed by atoms with Gasteiger partial charge in [0.25, 0.3) is 0 Å². The second-order valence-corrected chi connectivity index (χ2v) is 3.85. The van der Waals surface area contributed by atoms with Crippen molar-refractivity contribution in [2.24, 2.45) is 0 Å². The molecule has 0 aromatic carbocycles. The average Bonchev–Trinajstić information content (AvgIpc) is 2.24. The highest BCUT2D eigenvalue weighted by atomic mass is 15.1. The fourth-order valence-electron chi connectivity index (χ4n) is 1.73. The third-order valence-electron chi connectivity index (χ3n) is 2.96. The maximum atomic E-state index is 3.60. The highest BCUT2D eigenvalue weighted by molar-refractivity contribution is 4.63. The minimum Gasteiger partial charge on any atom is -0.314 e. The van der Waals surface area contributed by atoms with E-state index in [9.17, 15) is 0 Å². The van der Waals surface area contributed by atoms with E-state index in [0.29, 0.717) is 0 Å². The predicted octanol–water partition coefficient (Wildman–Crippen LogP) is 2.50. The Kier molecular flexibility index (Phi) is 9.42. The van der Waals surface area contributed by atoms with Gasteiger partial charge in [0.15, 0.2) is 0 Å². The molecular weight excluding hydrogens is 172 g/mol. The van der Waals surface area contributed by atoms with Crippen molar-refractivity contribution < 1.29 is 0 Å². The van der Waals surface area contributed by atoms with Crippen molar-refractivity contribution in [3.63, 3.8) is 0 Å². The van der Waals surface area contributed by atoms with Crippen LogP contribution in [-0.4, -0.2) is 37.1 Å². The molecule has 0 aromatic heterocycles. The Balaban J connectivity index is 3.35. The van der Waals surface area contributed by atoms with Crippen LogP contribution >= 0.6 is 0 Å². The largest absolute Gasteiger partial charge is 0.314 e. The van der Waals surface area contributed by atoms with Gasteiger partial charge >= 0.3 is 0 Å². The van der Waals surface area contributed by atoms with Gasteiger partial charge in [0.1, 0.15) is 0 Å². The van der Waals surface area contributed by atoms with Gasteiger partial charge in [-0.2, -0.15) is 0 Å². The summed E-state index contributed by atoms with van der Waals surface area (Å²) in [6.07, 6.45) is 3.78. The monoisotopic (exact) mass is 200 g/mol. The first-order valence-corrected chi connectivity index (χ1v) is 6.24. The van der Waals surface area contributed by atoms with Crippen molar-refractivity contribution in [2.75, 3.05) is 26.2 Å². The average molecular weight is 200 g/mol. The molecule has 0 rings (SSSR count). The minimum atomic E-state index is 0.728.